The van der Waals surface area contributed by atoms with Gasteiger partial charge in [-0.05, 0) is 6.07 Å². The fourth-order valence-electron chi connectivity index (χ4n) is 2.01. The molecule has 6 nitrogen and oxygen atoms in total. The van der Waals surface area contributed by atoms with Crippen LogP contribution >= 0.6 is 0 Å². The lowest BCUT2D eigenvalue weighted by atomic mass is 10.3. The van der Waals surface area contributed by atoms with Crippen LogP contribution in [0.4, 0.5) is 5.82 Å². The van der Waals surface area contributed by atoms with Crippen LogP contribution in [0, 0.1) is 11.3 Å². The first-order valence-electron chi connectivity index (χ1n) is 5.43. The van der Waals surface area contributed by atoms with Gasteiger partial charge in [0.1, 0.15) is 5.52 Å². The summed E-state index contributed by atoms with van der Waals surface area (Å²) < 4.78 is 7.10. The molecule has 0 spiro atoms. The third-order valence-electron chi connectivity index (χ3n) is 2.81. The van der Waals surface area contributed by atoms with Crippen molar-refractivity contribution >= 4 is 11.3 Å². The summed E-state index contributed by atoms with van der Waals surface area (Å²) in [6, 6.07) is 4.05. The molecule has 0 aliphatic carbocycles. The number of fused-ring (bicyclic) bond motifs is 1. The first kappa shape index (κ1) is 10.1. The van der Waals surface area contributed by atoms with Crippen molar-refractivity contribution in [3.05, 3.63) is 24.7 Å². The molecule has 1 aliphatic heterocycles. The molecule has 1 unspecified atom stereocenters. The molecular weight excluding hydrogens is 218 g/mol. The minimum Gasteiger partial charge on any atom is -0.360 e. The summed E-state index contributed by atoms with van der Waals surface area (Å²) in [6.45, 7) is 1.85. The van der Waals surface area contributed by atoms with E-state index in [1.54, 1.807) is 23.1 Å². The molecular formula is C11H11N5O. The third kappa shape index (κ3) is 1.70. The average molecular weight is 229 g/mol. The Bertz CT molecular complexity index is 572. The van der Waals surface area contributed by atoms with Crippen molar-refractivity contribution in [1.29, 1.82) is 5.26 Å². The fraction of sp³-hybridized carbons (Fsp3) is 0.364. The van der Waals surface area contributed by atoms with Crippen molar-refractivity contribution in [2.45, 2.75) is 6.10 Å². The Labute approximate surface area is 98.0 Å². The second-order valence-corrected chi connectivity index (χ2v) is 3.85. The smallest absolute Gasteiger partial charge is 0.161 e. The third-order valence-corrected chi connectivity index (χ3v) is 2.81. The molecule has 6 heteroatoms. The summed E-state index contributed by atoms with van der Waals surface area (Å²) in [7, 11) is 0. The van der Waals surface area contributed by atoms with E-state index in [2.05, 4.69) is 21.1 Å². The number of morpholine rings is 1. The molecule has 0 saturated carbocycles. The van der Waals surface area contributed by atoms with Crippen molar-refractivity contribution in [3.63, 3.8) is 0 Å². The number of ether oxygens (including phenoxy) is 1. The van der Waals surface area contributed by atoms with Crippen LogP contribution < -0.4 is 4.90 Å². The van der Waals surface area contributed by atoms with Gasteiger partial charge < -0.3 is 9.64 Å². The van der Waals surface area contributed by atoms with E-state index >= 15 is 0 Å². The van der Waals surface area contributed by atoms with E-state index in [4.69, 9.17) is 10.00 Å². The first-order chi connectivity index (χ1) is 8.38. The largest absolute Gasteiger partial charge is 0.360 e. The summed E-state index contributed by atoms with van der Waals surface area (Å²) in [4.78, 5) is 6.44. The van der Waals surface area contributed by atoms with E-state index in [0.29, 0.717) is 13.2 Å². The van der Waals surface area contributed by atoms with Gasteiger partial charge in [-0.3, -0.25) is 0 Å². The SMILES string of the molecule is N#CC1CN(c2nccn3nccc23)CCO1. The summed E-state index contributed by atoms with van der Waals surface area (Å²) in [5.74, 6) is 0.855. The Morgan fingerprint density at radius 2 is 2.41 bits per heavy atom. The number of aromatic nitrogens is 3. The van der Waals surface area contributed by atoms with Crippen LogP contribution in [0.2, 0.25) is 0 Å². The van der Waals surface area contributed by atoms with Crippen molar-refractivity contribution < 1.29 is 4.74 Å². The topological polar surface area (TPSA) is 66.5 Å². The number of anilines is 1. The number of hydrogen-bond acceptors (Lipinski definition) is 5. The lowest BCUT2D eigenvalue weighted by Crippen LogP contribution is -2.42. The summed E-state index contributed by atoms with van der Waals surface area (Å²) >= 11 is 0. The fourth-order valence-corrected chi connectivity index (χ4v) is 2.01. The summed E-state index contributed by atoms with van der Waals surface area (Å²) in [5.41, 5.74) is 0.950. The van der Waals surface area contributed by atoms with Crippen LogP contribution in [0.1, 0.15) is 0 Å². The average Bonchev–Trinajstić information content (AvgIpc) is 2.87. The molecule has 2 aromatic rings. The van der Waals surface area contributed by atoms with Gasteiger partial charge in [-0.25, -0.2) is 9.50 Å². The van der Waals surface area contributed by atoms with Crippen LogP contribution in [0.25, 0.3) is 5.52 Å². The Morgan fingerprint density at radius 3 is 3.29 bits per heavy atom. The van der Waals surface area contributed by atoms with Gasteiger partial charge in [-0.1, -0.05) is 0 Å². The van der Waals surface area contributed by atoms with Gasteiger partial charge in [0.15, 0.2) is 11.9 Å². The van der Waals surface area contributed by atoms with Crippen LogP contribution in [0.5, 0.6) is 0 Å². The van der Waals surface area contributed by atoms with E-state index in [1.807, 2.05) is 6.07 Å². The summed E-state index contributed by atoms with van der Waals surface area (Å²) in [6.07, 6.45) is 4.88. The van der Waals surface area contributed by atoms with Crippen molar-refractivity contribution in [2.75, 3.05) is 24.6 Å². The van der Waals surface area contributed by atoms with E-state index in [0.717, 1.165) is 17.9 Å². The molecule has 0 N–H and O–H groups in total. The zero-order valence-corrected chi connectivity index (χ0v) is 9.15. The maximum absolute atomic E-state index is 8.89. The van der Waals surface area contributed by atoms with Crippen LogP contribution in [0.3, 0.4) is 0 Å². The maximum Gasteiger partial charge on any atom is 0.161 e. The van der Waals surface area contributed by atoms with Crippen molar-refractivity contribution in [3.8, 4) is 6.07 Å². The van der Waals surface area contributed by atoms with Gasteiger partial charge in [0.05, 0.1) is 25.4 Å². The highest BCUT2D eigenvalue weighted by molar-refractivity contribution is 5.68. The second-order valence-electron chi connectivity index (χ2n) is 3.85. The Kier molecular flexibility index (Phi) is 2.38. The normalized spacial score (nSPS) is 20.4. The number of nitriles is 1. The number of hydrogen-bond donors (Lipinski definition) is 0. The van der Waals surface area contributed by atoms with Crippen molar-refractivity contribution in [2.24, 2.45) is 0 Å². The monoisotopic (exact) mass is 229 g/mol. The van der Waals surface area contributed by atoms with Crippen LogP contribution in [-0.2, 0) is 4.74 Å². The number of rotatable bonds is 1. The molecule has 3 rings (SSSR count). The molecule has 86 valence electrons. The minimum absolute atomic E-state index is 0.381. The van der Waals surface area contributed by atoms with Gasteiger partial charge in [-0.15, -0.1) is 0 Å². The lowest BCUT2D eigenvalue weighted by molar-refractivity contribution is 0.0762. The minimum atomic E-state index is -0.381. The van der Waals surface area contributed by atoms with E-state index in [1.165, 1.54) is 0 Å². The molecule has 1 fully saturated rings. The predicted molar refractivity (Wildman–Crippen MR) is 60.6 cm³/mol. The van der Waals surface area contributed by atoms with Gasteiger partial charge in [-0.2, -0.15) is 10.4 Å². The Morgan fingerprint density at radius 1 is 1.47 bits per heavy atom. The Hall–Kier alpha value is -2.13. The quantitative estimate of drug-likeness (QED) is 0.710. The molecule has 1 aliphatic rings. The molecule has 0 bridgehead atoms. The zero-order chi connectivity index (χ0) is 11.7. The predicted octanol–water partition coefficient (Wildman–Crippen LogP) is 0.458. The zero-order valence-electron chi connectivity index (χ0n) is 9.15. The van der Waals surface area contributed by atoms with Crippen LogP contribution in [0.15, 0.2) is 24.7 Å². The summed E-state index contributed by atoms with van der Waals surface area (Å²) in [5, 5.41) is 13.1. The Balaban J connectivity index is 1.98. The van der Waals surface area contributed by atoms with E-state index in [-0.39, 0.29) is 6.10 Å². The molecule has 17 heavy (non-hydrogen) atoms. The van der Waals surface area contributed by atoms with Gasteiger partial charge >= 0.3 is 0 Å². The highest BCUT2D eigenvalue weighted by atomic mass is 16.5. The standard InChI is InChI=1S/C11H11N5O/c12-7-9-8-15(5-6-17-9)11-10-1-2-14-16(10)4-3-13-11/h1-4,9H,5-6,8H2. The van der Waals surface area contributed by atoms with Gasteiger partial charge in [0, 0.05) is 18.9 Å². The molecule has 0 amide bonds. The highest BCUT2D eigenvalue weighted by Crippen LogP contribution is 2.20. The first-order valence-corrected chi connectivity index (χ1v) is 5.43. The lowest BCUT2D eigenvalue weighted by Gasteiger charge is -2.30. The van der Waals surface area contributed by atoms with Gasteiger partial charge in [0.2, 0.25) is 0 Å². The molecule has 0 radical (unpaired) electrons. The van der Waals surface area contributed by atoms with Gasteiger partial charge in [0.25, 0.3) is 0 Å². The van der Waals surface area contributed by atoms with E-state index in [9.17, 15) is 0 Å². The molecule has 1 atom stereocenters. The molecule has 0 aromatic carbocycles. The molecule has 2 aromatic heterocycles. The second kappa shape index (κ2) is 4.03. The van der Waals surface area contributed by atoms with Crippen molar-refractivity contribution in [1.82, 2.24) is 14.6 Å². The molecule has 1 saturated heterocycles. The number of nitrogens with zero attached hydrogens (tertiary/aromatic N) is 5. The highest BCUT2D eigenvalue weighted by Gasteiger charge is 2.22. The maximum atomic E-state index is 8.89. The van der Waals surface area contributed by atoms with Crippen LogP contribution in [-0.4, -0.2) is 40.4 Å². The molecule has 3 heterocycles. The van der Waals surface area contributed by atoms with E-state index < -0.39 is 0 Å².